The summed E-state index contributed by atoms with van der Waals surface area (Å²) in [4.78, 5) is 26.7. The van der Waals surface area contributed by atoms with Crippen molar-refractivity contribution < 1.29 is 14.3 Å². The second kappa shape index (κ2) is 6.97. The van der Waals surface area contributed by atoms with E-state index in [0.29, 0.717) is 18.0 Å². The molecule has 0 saturated carbocycles. The molecule has 0 radical (unpaired) electrons. The van der Waals surface area contributed by atoms with Crippen LogP contribution < -0.4 is 15.0 Å². The number of ether oxygens (including phenoxy) is 1. The molecule has 0 aliphatic carbocycles. The largest absolute Gasteiger partial charge is 0.495 e. The van der Waals surface area contributed by atoms with Gasteiger partial charge in [-0.1, -0.05) is 24.3 Å². The van der Waals surface area contributed by atoms with Gasteiger partial charge in [0, 0.05) is 18.7 Å². The predicted molar refractivity (Wildman–Crippen MR) is 98.0 cm³/mol. The number of carbonyl (C=O) groups excluding carboxylic acids is 2. The normalized spacial score (nSPS) is 16.8. The Morgan fingerprint density at radius 1 is 1.20 bits per heavy atom. The van der Waals surface area contributed by atoms with E-state index in [1.807, 2.05) is 56.3 Å². The molecule has 1 aliphatic rings. The van der Waals surface area contributed by atoms with Gasteiger partial charge >= 0.3 is 0 Å². The van der Waals surface area contributed by atoms with Crippen LogP contribution in [0, 0.1) is 19.8 Å². The first kappa shape index (κ1) is 17.0. The number of anilines is 2. The summed E-state index contributed by atoms with van der Waals surface area (Å²) in [6, 6.07) is 13.3. The van der Waals surface area contributed by atoms with E-state index in [0.717, 1.165) is 16.8 Å². The first-order valence-corrected chi connectivity index (χ1v) is 8.31. The van der Waals surface area contributed by atoms with Crippen molar-refractivity contribution in [3.05, 3.63) is 53.6 Å². The molecular weight excluding hydrogens is 316 g/mol. The second-order valence-electron chi connectivity index (χ2n) is 6.38. The Kier molecular flexibility index (Phi) is 4.74. The minimum Gasteiger partial charge on any atom is -0.495 e. The topological polar surface area (TPSA) is 58.6 Å². The van der Waals surface area contributed by atoms with Crippen LogP contribution in [0.25, 0.3) is 0 Å². The first-order valence-electron chi connectivity index (χ1n) is 8.31. The van der Waals surface area contributed by atoms with Crippen molar-refractivity contribution in [3.8, 4) is 5.75 Å². The third kappa shape index (κ3) is 3.50. The van der Waals surface area contributed by atoms with Crippen molar-refractivity contribution in [2.45, 2.75) is 20.3 Å². The molecule has 1 fully saturated rings. The molecule has 130 valence electrons. The molecule has 1 heterocycles. The summed E-state index contributed by atoms with van der Waals surface area (Å²) in [5.41, 5.74) is 3.59. The number of carbonyl (C=O) groups is 2. The van der Waals surface area contributed by atoms with Crippen LogP contribution in [0.1, 0.15) is 17.5 Å². The number of amides is 2. The number of rotatable bonds is 4. The molecule has 25 heavy (non-hydrogen) atoms. The highest BCUT2D eigenvalue weighted by Crippen LogP contribution is 2.33. The van der Waals surface area contributed by atoms with Gasteiger partial charge in [-0.3, -0.25) is 9.59 Å². The minimum absolute atomic E-state index is 0.0642. The molecule has 2 aromatic rings. The van der Waals surface area contributed by atoms with E-state index >= 15 is 0 Å². The summed E-state index contributed by atoms with van der Waals surface area (Å²) >= 11 is 0. The number of hydrogen-bond acceptors (Lipinski definition) is 3. The average molecular weight is 338 g/mol. The fourth-order valence-electron chi connectivity index (χ4n) is 3.07. The van der Waals surface area contributed by atoms with E-state index < -0.39 is 0 Å². The van der Waals surface area contributed by atoms with Gasteiger partial charge in [0.25, 0.3) is 0 Å². The maximum Gasteiger partial charge on any atom is 0.229 e. The predicted octanol–water partition coefficient (Wildman–Crippen LogP) is 3.30. The number of nitrogens with one attached hydrogen (secondary N) is 1. The number of methoxy groups -OCH3 is 1. The van der Waals surface area contributed by atoms with Crippen molar-refractivity contribution in [1.29, 1.82) is 0 Å². The minimum atomic E-state index is -0.377. The van der Waals surface area contributed by atoms with E-state index in [2.05, 4.69) is 5.32 Å². The summed E-state index contributed by atoms with van der Waals surface area (Å²) in [5.74, 6) is 0.0637. The lowest BCUT2D eigenvalue weighted by Crippen LogP contribution is -2.28. The van der Waals surface area contributed by atoms with Crippen LogP contribution in [-0.4, -0.2) is 25.5 Å². The zero-order chi connectivity index (χ0) is 18.0. The van der Waals surface area contributed by atoms with Crippen molar-refractivity contribution in [2.75, 3.05) is 23.9 Å². The van der Waals surface area contributed by atoms with Gasteiger partial charge in [-0.25, -0.2) is 0 Å². The van der Waals surface area contributed by atoms with E-state index in [-0.39, 0.29) is 24.2 Å². The molecule has 0 aromatic heterocycles. The zero-order valence-electron chi connectivity index (χ0n) is 14.7. The summed E-state index contributed by atoms with van der Waals surface area (Å²) in [6.07, 6.45) is 0.203. The smallest absolute Gasteiger partial charge is 0.229 e. The van der Waals surface area contributed by atoms with Crippen molar-refractivity contribution in [2.24, 2.45) is 5.92 Å². The molecule has 1 saturated heterocycles. The molecule has 1 unspecified atom stereocenters. The van der Waals surface area contributed by atoms with Crippen LogP contribution in [0.5, 0.6) is 5.75 Å². The molecule has 5 nitrogen and oxygen atoms in total. The molecule has 1 atom stereocenters. The third-order valence-electron chi connectivity index (χ3n) is 4.52. The van der Waals surface area contributed by atoms with E-state index in [1.165, 1.54) is 0 Å². The Morgan fingerprint density at radius 3 is 2.72 bits per heavy atom. The van der Waals surface area contributed by atoms with Gasteiger partial charge in [-0.15, -0.1) is 0 Å². The van der Waals surface area contributed by atoms with E-state index in [1.54, 1.807) is 12.0 Å². The van der Waals surface area contributed by atoms with Crippen LogP contribution in [0.4, 0.5) is 11.4 Å². The van der Waals surface area contributed by atoms with Crippen LogP contribution in [0.2, 0.25) is 0 Å². The van der Waals surface area contributed by atoms with E-state index in [4.69, 9.17) is 4.74 Å². The Balaban J connectivity index is 1.76. The molecule has 0 spiro atoms. The maximum atomic E-state index is 12.6. The Labute approximate surface area is 147 Å². The molecule has 3 rings (SSSR count). The van der Waals surface area contributed by atoms with Crippen LogP contribution in [0.15, 0.2) is 42.5 Å². The molecule has 2 aromatic carbocycles. The quantitative estimate of drug-likeness (QED) is 0.930. The standard InChI is InChI=1S/C20H22N2O3/c1-13-8-9-14(2)16(10-13)21-20(24)15-11-19(23)22(12-15)17-6-4-5-7-18(17)25-3/h4-10,15H,11-12H2,1-3H3,(H,21,24). The number of benzene rings is 2. The van der Waals surface area contributed by atoms with Crippen LogP contribution in [-0.2, 0) is 9.59 Å². The number of nitrogens with zero attached hydrogens (tertiary/aromatic N) is 1. The highest BCUT2D eigenvalue weighted by Gasteiger charge is 2.36. The average Bonchev–Trinajstić information content (AvgIpc) is 3.00. The molecule has 1 N–H and O–H groups in total. The van der Waals surface area contributed by atoms with Gasteiger partial charge in [0.2, 0.25) is 11.8 Å². The Hall–Kier alpha value is -2.82. The van der Waals surface area contributed by atoms with Crippen molar-refractivity contribution in [3.63, 3.8) is 0 Å². The fraction of sp³-hybridized carbons (Fsp3) is 0.300. The molecule has 5 heteroatoms. The lowest BCUT2D eigenvalue weighted by Gasteiger charge is -2.19. The molecule has 0 bridgehead atoms. The molecule has 1 aliphatic heterocycles. The summed E-state index contributed by atoms with van der Waals surface area (Å²) in [6.45, 7) is 4.30. The lowest BCUT2D eigenvalue weighted by atomic mass is 10.1. The first-order chi connectivity index (χ1) is 12.0. The second-order valence-corrected chi connectivity index (χ2v) is 6.38. The SMILES string of the molecule is COc1ccccc1N1CC(C(=O)Nc2cc(C)ccc2C)CC1=O. The number of aryl methyl sites for hydroxylation is 2. The van der Waals surface area contributed by atoms with Crippen LogP contribution >= 0.6 is 0 Å². The number of para-hydroxylation sites is 2. The fourth-order valence-corrected chi connectivity index (χ4v) is 3.07. The van der Waals surface area contributed by atoms with Gasteiger partial charge < -0.3 is 15.0 Å². The van der Waals surface area contributed by atoms with Gasteiger partial charge in [0.05, 0.1) is 18.7 Å². The maximum absolute atomic E-state index is 12.6. The van der Waals surface area contributed by atoms with Gasteiger partial charge in [-0.05, 0) is 43.2 Å². The Bertz CT molecular complexity index is 816. The Morgan fingerprint density at radius 2 is 1.96 bits per heavy atom. The molecular formula is C20H22N2O3. The summed E-state index contributed by atoms with van der Waals surface area (Å²) < 4.78 is 5.33. The summed E-state index contributed by atoms with van der Waals surface area (Å²) in [5, 5.41) is 2.97. The van der Waals surface area contributed by atoms with Gasteiger partial charge in [-0.2, -0.15) is 0 Å². The zero-order valence-corrected chi connectivity index (χ0v) is 14.7. The van der Waals surface area contributed by atoms with Gasteiger partial charge in [0.15, 0.2) is 0 Å². The highest BCUT2D eigenvalue weighted by molar-refractivity contribution is 6.04. The van der Waals surface area contributed by atoms with Gasteiger partial charge in [0.1, 0.15) is 5.75 Å². The third-order valence-corrected chi connectivity index (χ3v) is 4.52. The monoisotopic (exact) mass is 338 g/mol. The van der Waals surface area contributed by atoms with Crippen molar-refractivity contribution in [1.82, 2.24) is 0 Å². The lowest BCUT2D eigenvalue weighted by molar-refractivity contribution is -0.122. The van der Waals surface area contributed by atoms with Crippen LogP contribution in [0.3, 0.4) is 0 Å². The van der Waals surface area contributed by atoms with Crippen molar-refractivity contribution >= 4 is 23.2 Å². The molecule has 2 amide bonds. The summed E-state index contributed by atoms with van der Waals surface area (Å²) in [7, 11) is 1.57. The number of hydrogen-bond donors (Lipinski definition) is 1. The van der Waals surface area contributed by atoms with E-state index in [9.17, 15) is 9.59 Å². The highest BCUT2D eigenvalue weighted by atomic mass is 16.5.